The molecule has 9 rings (SSSR count). The normalized spacial score (nSPS) is 43.3. The van der Waals surface area contributed by atoms with Crippen molar-refractivity contribution in [3.05, 3.63) is 45.6 Å². The van der Waals surface area contributed by atoms with Crippen LogP contribution in [0, 0.1) is 17.3 Å². The summed E-state index contributed by atoms with van der Waals surface area (Å²) in [5, 5.41) is 15.3. The van der Waals surface area contributed by atoms with Gasteiger partial charge in [-0.25, -0.2) is 0 Å². The molecule has 2 aromatic rings. The Morgan fingerprint density at radius 2 is 2.08 bits per heavy atom. The number of methoxy groups -OCH3 is 1. The van der Waals surface area contributed by atoms with Crippen molar-refractivity contribution in [2.45, 2.75) is 74.7 Å². The van der Waals surface area contributed by atoms with Gasteiger partial charge in [0, 0.05) is 42.8 Å². The number of quaternary nitrogens is 1. The zero-order valence-corrected chi connectivity index (χ0v) is 22.3. The first-order valence-electron chi connectivity index (χ1n) is 14.0. The second-order valence-electron chi connectivity index (χ2n) is 13.1. The van der Waals surface area contributed by atoms with E-state index in [1.54, 1.807) is 11.3 Å². The van der Waals surface area contributed by atoms with E-state index in [9.17, 15) is 5.11 Å². The monoisotopic (exact) mass is 508 g/mol. The van der Waals surface area contributed by atoms with Crippen LogP contribution in [-0.2, 0) is 27.9 Å². The Balaban J connectivity index is 1.26. The van der Waals surface area contributed by atoms with Crippen LogP contribution in [0.2, 0.25) is 0 Å². The number of phenols is 1. The number of thiophene rings is 1. The topological polar surface area (TPSA) is 47.9 Å². The number of hydrogen-bond acceptors (Lipinski definition) is 5. The van der Waals surface area contributed by atoms with E-state index in [0.29, 0.717) is 30.9 Å². The van der Waals surface area contributed by atoms with Gasteiger partial charge in [-0.2, -0.15) is 11.3 Å². The lowest BCUT2D eigenvalue weighted by Gasteiger charge is -2.74. The van der Waals surface area contributed by atoms with Crippen molar-refractivity contribution in [1.29, 1.82) is 0 Å². The van der Waals surface area contributed by atoms with Crippen molar-refractivity contribution in [2.75, 3.05) is 33.9 Å². The first kappa shape index (κ1) is 22.4. The summed E-state index contributed by atoms with van der Waals surface area (Å²) in [4.78, 5) is 0. The predicted octanol–water partition coefficient (Wildman–Crippen LogP) is 5.04. The third-order valence-electron chi connectivity index (χ3n) is 11.7. The number of phenolic OH excluding ortho intramolecular Hbond substituents is 1. The second kappa shape index (κ2) is 7.28. The molecule has 0 radical (unpaired) electrons. The second-order valence-corrected chi connectivity index (χ2v) is 13.9. The smallest absolute Gasteiger partial charge is 0.165 e. The molecule has 1 N–H and O–H groups in total. The number of piperidine rings is 1. The summed E-state index contributed by atoms with van der Waals surface area (Å²) in [6.45, 7) is 3.89. The van der Waals surface area contributed by atoms with Gasteiger partial charge in [0.05, 0.1) is 44.8 Å². The Bertz CT molecular complexity index is 1210. The van der Waals surface area contributed by atoms with Gasteiger partial charge in [0.25, 0.3) is 0 Å². The van der Waals surface area contributed by atoms with E-state index in [2.05, 4.69) is 29.9 Å². The minimum atomic E-state index is -0.377. The zero-order chi connectivity index (χ0) is 24.3. The molecule has 1 aromatic carbocycles. The van der Waals surface area contributed by atoms with Crippen molar-refractivity contribution < 1.29 is 23.8 Å². The summed E-state index contributed by atoms with van der Waals surface area (Å²) >= 11 is 1.73. The molecule has 5 nitrogen and oxygen atoms in total. The zero-order valence-electron chi connectivity index (χ0n) is 21.5. The van der Waals surface area contributed by atoms with Crippen molar-refractivity contribution in [2.24, 2.45) is 17.3 Å². The standard InChI is InChI=1S/C30H37NO4S/c1-31(15-19-3-4-19)11-10-29-25-21-5-6-23(32)26(25)35-27(29)30(33-2)9-8-28(29,24(31)13-21)14-22(30)17-34-16-20-7-12-36-18-20/h5-7,12,18-19,22,24,27H,3-4,8-11,13-17H2,1-2H3/p+1/t22-,24-,27-,28-,29+,30-,31?/m1/s1. The Labute approximate surface area is 217 Å². The van der Waals surface area contributed by atoms with Gasteiger partial charge in [0.15, 0.2) is 11.5 Å². The average Bonchev–Trinajstić information content (AvgIpc) is 3.37. The molecule has 2 aliphatic heterocycles. The number of hydrogen-bond donors (Lipinski definition) is 1. The maximum Gasteiger partial charge on any atom is 0.165 e. The number of fused-ring (bicyclic) bond motifs is 2. The van der Waals surface area contributed by atoms with Crippen LogP contribution in [-0.4, -0.2) is 61.2 Å². The minimum absolute atomic E-state index is 0.0493. The number of ether oxygens (including phenoxy) is 3. The Hall–Kier alpha value is -1.60. The van der Waals surface area contributed by atoms with Crippen LogP contribution in [0.25, 0.3) is 0 Å². The molecule has 1 unspecified atom stereocenters. The Morgan fingerprint density at radius 1 is 1.19 bits per heavy atom. The molecule has 7 aliphatic rings. The number of rotatable bonds is 7. The van der Waals surface area contributed by atoms with Gasteiger partial charge < -0.3 is 23.8 Å². The molecule has 6 heteroatoms. The largest absolute Gasteiger partial charge is 0.504 e. The number of aromatic hydroxyl groups is 1. The third kappa shape index (κ3) is 2.57. The fraction of sp³-hybridized carbons (Fsp3) is 0.667. The van der Waals surface area contributed by atoms with Gasteiger partial charge in [0.2, 0.25) is 0 Å². The highest BCUT2D eigenvalue weighted by atomic mass is 32.1. The highest BCUT2D eigenvalue weighted by molar-refractivity contribution is 7.07. The molecule has 7 atom stereocenters. The van der Waals surface area contributed by atoms with E-state index in [1.807, 2.05) is 13.2 Å². The van der Waals surface area contributed by atoms with Crippen LogP contribution < -0.4 is 4.74 Å². The molecule has 4 bridgehead atoms. The first-order chi connectivity index (χ1) is 17.5. The quantitative estimate of drug-likeness (QED) is 0.533. The molecule has 1 saturated heterocycles. The fourth-order valence-corrected chi connectivity index (χ4v) is 10.8. The first-order valence-corrected chi connectivity index (χ1v) is 14.9. The summed E-state index contributed by atoms with van der Waals surface area (Å²) < 4.78 is 21.1. The SMILES string of the molecule is CO[C@]12CC[C@@]3(C[C@@H]1COCc1ccsc1)[C@H]1Cc4ccc(O)c5c4[C@@]3(CC[N+]1(C)CC1CC1)[C@H]2O5. The molecular formula is C30H38NO4S+. The molecular weight excluding hydrogens is 470 g/mol. The number of likely N-dealkylation sites (N-methyl/N-ethyl adjacent to an activating group) is 1. The molecule has 3 heterocycles. The summed E-state index contributed by atoms with van der Waals surface area (Å²) in [7, 11) is 4.46. The summed E-state index contributed by atoms with van der Waals surface area (Å²) in [5.41, 5.74) is 3.76. The maximum absolute atomic E-state index is 11.0. The summed E-state index contributed by atoms with van der Waals surface area (Å²) in [6, 6.07) is 6.84. The lowest BCUT2D eigenvalue weighted by atomic mass is 9.34. The molecule has 0 amide bonds. The molecule has 1 aromatic heterocycles. The van der Waals surface area contributed by atoms with E-state index in [-0.39, 0.29) is 22.5 Å². The van der Waals surface area contributed by atoms with Gasteiger partial charge >= 0.3 is 0 Å². The maximum atomic E-state index is 11.0. The predicted molar refractivity (Wildman–Crippen MR) is 138 cm³/mol. The molecule has 36 heavy (non-hydrogen) atoms. The van der Waals surface area contributed by atoms with E-state index in [4.69, 9.17) is 14.2 Å². The van der Waals surface area contributed by atoms with E-state index >= 15 is 0 Å². The van der Waals surface area contributed by atoms with Gasteiger partial charge in [0.1, 0.15) is 11.7 Å². The van der Waals surface area contributed by atoms with Crippen LogP contribution in [0.3, 0.4) is 0 Å². The van der Waals surface area contributed by atoms with Crippen LogP contribution in [0.4, 0.5) is 0 Å². The van der Waals surface area contributed by atoms with Crippen molar-refractivity contribution >= 4 is 11.3 Å². The Kier molecular flexibility index (Phi) is 4.53. The van der Waals surface area contributed by atoms with Gasteiger partial charge in [-0.3, -0.25) is 0 Å². The molecule has 4 saturated carbocycles. The minimum Gasteiger partial charge on any atom is -0.504 e. The van der Waals surface area contributed by atoms with Crippen molar-refractivity contribution in [3.8, 4) is 11.5 Å². The van der Waals surface area contributed by atoms with Gasteiger partial charge in [-0.15, -0.1) is 0 Å². The molecule has 192 valence electrons. The average molecular weight is 509 g/mol. The molecule has 5 aliphatic carbocycles. The lowest BCUT2D eigenvalue weighted by molar-refractivity contribution is -0.952. The van der Waals surface area contributed by atoms with Crippen LogP contribution >= 0.6 is 11.3 Å². The summed E-state index contributed by atoms with van der Waals surface area (Å²) in [6.07, 6.45) is 8.36. The van der Waals surface area contributed by atoms with Crippen molar-refractivity contribution in [3.63, 3.8) is 0 Å². The van der Waals surface area contributed by atoms with E-state index in [1.165, 1.54) is 53.5 Å². The van der Waals surface area contributed by atoms with Crippen LogP contribution in [0.1, 0.15) is 55.2 Å². The van der Waals surface area contributed by atoms with Crippen molar-refractivity contribution in [1.82, 2.24) is 0 Å². The van der Waals surface area contributed by atoms with E-state index in [0.717, 1.165) is 37.4 Å². The van der Waals surface area contributed by atoms with Gasteiger partial charge in [-0.1, -0.05) is 6.07 Å². The lowest BCUT2D eigenvalue weighted by Crippen LogP contribution is -2.83. The molecule has 5 fully saturated rings. The number of nitrogens with zero attached hydrogens (tertiary/aromatic N) is 1. The Morgan fingerprint density at radius 3 is 2.86 bits per heavy atom. The number of likely N-dealkylation sites (tertiary alicyclic amines) is 1. The number of benzene rings is 1. The van der Waals surface area contributed by atoms with E-state index < -0.39 is 0 Å². The highest BCUT2D eigenvalue weighted by Gasteiger charge is 2.83. The van der Waals surface area contributed by atoms with Crippen LogP contribution in [0.15, 0.2) is 29.0 Å². The third-order valence-corrected chi connectivity index (χ3v) is 12.4. The summed E-state index contributed by atoms with van der Waals surface area (Å²) in [5.74, 6) is 2.27. The fourth-order valence-electron chi connectivity index (χ4n) is 10.1. The van der Waals surface area contributed by atoms with Crippen LogP contribution in [0.5, 0.6) is 11.5 Å². The highest BCUT2D eigenvalue weighted by Crippen LogP contribution is 2.77. The van der Waals surface area contributed by atoms with Gasteiger partial charge in [-0.05, 0) is 66.1 Å². The molecule has 2 spiro atoms.